The largest absolute Gasteiger partial charge is 0.462 e. The first-order valence-electron chi connectivity index (χ1n) is 8.92. The van der Waals surface area contributed by atoms with E-state index in [1.54, 1.807) is 6.92 Å². The average molecular weight is 350 g/mol. The highest BCUT2D eigenvalue weighted by Crippen LogP contribution is 2.46. The Bertz CT molecular complexity index is 609. The summed E-state index contributed by atoms with van der Waals surface area (Å²) >= 11 is 1.44. The molecule has 6 heteroatoms. The van der Waals surface area contributed by atoms with Crippen LogP contribution in [0.25, 0.3) is 0 Å². The van der Waals surface area contributed by atoms with Crippen LogP contribution in [0.3, 0.4) is 0 Å². The predicted molar refractivity (Wildman–Crippen MR) is 95.8 cm³/mol. The zero-order valence-corrected chi connectivity index (χ0v) is 15.3. The van der Waals surface area contributed by atoms with Crippen LogP contribution >= 0.6 is 11.3 Å². The van der Waals surface area contributed by atoms with E-state index in [-0.39, 0.29) is 11.9 Å². The monoisotopic (exact) mass is 350 g/mol. The van der Waals surface area contributed by atoms with E-state index in [4.69, 9.17) is 4.74 Å². The quantitative estimate of drug-likeness (QED) is 0.796. The third-order valence-corrected chi connectivity index (χ3v) is 5.77. The molecular formula is C18H26N2O3S. The average Bonchev–Trinajstić information content (AvgIpc) is 3.31. The number of hydrogen-bond acceptors (Lipinski definition) is 5. The molecule has 24 heavy (non-hydrogen) atoms. The molecule has 0 bridgehead atoms. The summed E-state index contributed by atoms with van der Waals surface area (Å²) in [6.07, 6.45) is 5.76. The number of rotatable bonds is 6. The number of thiophene rings is 1. The topological polar surface area (TPSA) is 58.6 Å². The third-order valence-electron chi connectivity index (χ3n) is 4.86. The lowest BCUT2D eigenvalue weighted by atomic mass is 10.0. The van der Waals surface area contributed by atoms with Crippen LogP contribution in [0, 0.1) is 0 Å². The standard InChI is InChI=1S/C18H26N2O3S/c1-3-23-18(22)16-14(13-7-8-13)11-24-17(16)19-15(21)10-20-9-5-4-6-12(20)2/h11-13H,3-10H2,1-2H3,(H,19,21). The highest BCUT2D eigenvalue weighted by molar-refractivity contribution is 7.15. The number of amides is 1. The van der Waals surface area contributed by atoms with Crippen LogP contribution in [0.1, 0.15) is 67.8 Å². The van der Waals surface area contributed by atoms with Gasteiger partial charge >= 0.3 is 5.97 Å². The Morgan fingerprint density at radius 2 is 2.12 bits per heavy atom. The minimum absolute atomic E-state index is 0.0431. The lowest BCUT2D eigenvalue weighted by Crippen LogP contribution is -2.42. The minimum atomic E-state index is -0.317. The van der Waals surface area contributed by atoms with Crippen molar-refractivity contribution in [3.63, 3.8) is 0 Å². The smallest absolute Gasteiger partial charge is 0.341 e. The normalized spacial score (nSPS) is 21.5. The second kappa shape index (κ2) is 7.66. The Labute approximate surface area is 147 Å². The van der Waals surface area contributed by atoms with Crippen molar-refractivity contribution in [1.29, 1.82) is 0 Å². The fourth-order valence-corrected chi connectivity index (χ4v) is 4.36. The molecule has 1 saturated heterocycles. The molecule has 1 saturated carbocycles. The van der Waals surface area contributed by atoms with Gasteiger partial charge in [-0.15, -0.1) is 11.3 Å². The van der Waals surface area contributed by atoms with Crippen LogP contribution in [0.4, 0.5) is 5.00 Å². The summed E-state index contributed by atoms with van der Waals surface area (Å²) < 4.78 is 5.20. The number of hydrogen-bond donors (Lipinski definition) is 1. The zero-order valence-electron chi connectivity index (χ0n) is 14.5. The van der Waals surface area contributed by atoms with Gasteiger partial charge in [0.2, 0.25) is 5.91 Å². The molecule has 2 aliphatic rings. The van der Waals surface area contributed by atoms with Gasteiger partial charge in [-0.25, -0.2) is 4.79 Å². The number of anilines is 1. The molecular weight excluding hydrogens is 324 g/mol. The number of esters is 1. The summed E-state index contributed by atoms with van der Waals surface area (Å²) in [5.41, 5.74) is 1.62. The molecule has 1 aromatic rings. The number of nitrogens with zero attached hydrogens (tertiary/aromatic N) is 1. The number of ether oxygens (including phenoxy) is 1. The Hall–Kier alpha value is -1.40. The maximum Gasteiger partial charge on any atom is 0.341 e. The van der Waals surface area contributed by atoms with E-state index < -0.39 is 0 Å². The van der Waals surface area contributed by atoms with Gasteiger partial charge in [0.15, 0.2) is 0 Å². The van der Waals surface area contributed by atoms with Crippen molar-refractivity contribution in [3.05, 3.63) is 16.5 Å². The molecule has 0 aromatic carbocycles. The van der Waals surface area contributed by atoms with E-state index in [1.165, 1.54) is 17.8 Å². The fraction of sp³-hybridized carbons (Fsp3) is 0.667. The van der Waals surface area contributed by atoms with E-state index in [0.717, 1.165) is 37.8 Å². The molecule has 2 fully saturated rings. The molecule has 2 heterocycles. The Morgan fingerprint density at radius 1 is 1.33 bits per heavy atom. The molecule has 1 aliphatic heterocycles. The van der Waals surface area contributed by atoms with Gasteiger partial charge < -0.3 is 10.1 Å². The van der Waals surface area contributed by atoms with Crippen molar-refractivity contribution in [3.8, 4) is 0 Å². The first-order chi connectivity index (χ1) is 11.6. The van der Waals surface area contributed by atoms with Crippen LogP contribution in [-0.2, 0) is 9.53 Å². The van der Waals surface area contributed by atoms with E-state index in [2.05, 4.69) is 17.1 Å². The number of likely N-dealkylation sites (tertiary alicyclic amines) is 1. The number of carbonyl (C=O) groups is 2. The van der Waals surface area contributed by atoms with Crippen LogP contribution < -0.4 is 5.32 Å². The van der Waals surface area contributed by atoms with Gasteiger partial charge in [-0.1, -0.05) is 6.42 Å². The Kier molecular flexibility index (Phi) is 5.56. The maximum atomic E-state index is 12.5. The molecule has 132 valence electrons. The minimum Gasteiger partial charge on any atom is -0.462 e. The number of piperidine rings is 1. The predicted octanol–water partition coefficient (Wildman–Crippen LogP) is 3.62. The fourth-order valence-electron chi connectivity index (χ4n) is 3.31. The van der Waals surface area contributed by atoms with Gasteiger partial charge in [0.05, 0.1) is 18.7 Å². The molecule has 0 spiro atoms. The highest BCUT2D eigenvalue weighted by Gasteiger charge is 2.32. The Morgan fingerprint density at radius 3 is 2.79 bits per heavy atom. The summed E-state index contributed by atoms with van der Waals surface area (Å²) in [5.74, 6) is 0.0919. The van der Waals surface area contributed by atoms with Crippen molar-refractivity contribution in [2.45, 2.75) is 57.9 Å². The number of nitrogens with one attached hydrogen (secondary N) is 1. The molecule has 1 N–H and O–H groups in total. The molecule has 1 aliphatic carbocycles. The summed E-state index contributed by atoms with van der Waals surface area (Å²) in [6.45, 7) is 5.68. The Balaban J connectivity index is 1.69. The summed E-state index contributed by atoms with van der Waals surface area (Å²) in [4.78, 5) is 27.0. The van der Waals surface area contributed by atoms with Crippen LogP contribution in [0.2, 0.25) is 0 Å². The SMILES string of the molecule is CCOC(=O)c1c(C2CC2)csc1NC(=O)CN1CCCCC1C. The van der Waals surface area contributed by atoms with Crippen LogP contribution in [-0.4, -0.2) is 42.5 Å². The third kappa shape index (κ3) is 3.98. The van der Waals surface area contributed by atoms with Gasteiger partial charge in [-0.3, -0.25) is 9.69 Å². The van der Waals surface area contributed by atoms with E-state index in [0.29, 0.717) is 35.7 Å². The van der Waals surface area contributed by atoms with Crippen molar-refractivity contribution in [2.24, 2.45) is 0 Å². The lowest BCUT2D eigenvalue weighted by molar-refractivity contribution is -0.118. The van der Waals surface area contributed by atoms with Crippen LogP contribution in [0.5, 0.6) is 0 Å². The zero-order chi connectivity index (χ0) is 17.1. The van der Waals surface area contributed by atoms with E-state index in [1.807, 2.05) is 5.38 Å². The summed E-state index contributed by atoms with van der Waals surface area (Å²) in [5, 5.41) is 5.60. The van der Waals surface area contributed by atoms with Crippen molar-refractivity contribution < 1.29 is 14.3 Å². The van der Waals surface area contributed by atoms with Crippen molar-refractivity contribution in [1.82, 2.24) is 4.90 Å². The molecule has 0 radical (unpaired) electrons. The first-order valence-corrected chi connectivity index (χ1v) is 9.80. The van der Waals surface area contributed by atoms with Gasteiger partial charge in [-0.05, 0) is 62.9 Å². The maximum absolute atomic E-state index is 12.5. The summed E-state index contributed by atoms with van der Waals surface area (Å²) in [6, 6.07) is 0.444. The van der Waals surface area contributed by atoms with Gasteiger partial charge in [0, 0.05) is 6.04 Å². The second-order valence-electron chi connectivity index (χ2n) is 6.75. The molecule has 1 aromatic heterocycles. The van der Waals surface area contributed by atoms with Gasteiger partial charge in [-0.2, -0.15) is 0 Å². The highest BCUT2D eigenvalue weighted by atomic mass is 32.1. The van der Waals surface area contributed by atoms with E-state index in [9.17, 15) is 9.59 Å². The number of carbonyl (C=O) groups excluding carboxylic acids is 2. The molecule has 1 unspecified atom stereocenters. The van der Waals surface area contributed by atoms with Crippen molar-refractivity contribution >= 4 is 28.2 Å². The van der Waals surface area contributed by atoms with Gasteiger partial charge in [0.1, 0.15) is 5.00 Å². The van der Waals surface area contributed by atoms with Crippen molar-refractivity contribution in [2.75, 3.05) is 25.0 Å². The van der Waals surface area contributed by atoms with Crippen LogP contribution in [0.15, 0.2) is 5.38 Å². The lowest BCUT2D eigenvalue weighted by Gasteiger charge is -2.32. The molecule has 3 rings (SSSR count). The van der Waals surface area contributed by atoms with E-state index >= 15 is 0 Å². The molecule has 1 amide bonds. The summed E-state index contributed by atoms with van der Waals surface area (Å²) in [7, 11) is 0. The van der Waals surface area contributed by atoms with Gasteiger partial charge in [0.25, 0.3) is 0 Å². The molecule has 1 atom stereocenters. The first kappa shape index (κ1) is 17.4. The second-order valence-corrected chi connectivity index (χ2v) is 7.63. The molecule has 5 nitrogen and oxygen atoms in total.